The summed E-state index contributed by atoms with van der Waals surface area (Å²) in [5.74, 6) is 0. The number of pyridine rings is 1. The highest BCUT2D eigenvalue weighted by molar-refractivity contribution is 7.80. The van der Waals surface area contributed by atoms with Crippen molar-refractivity contribution in [3.8, 4) is 0 Å². The molecule has 1 fully saturated rings. The van der Waals surface area contributed by atoms with Crippen LogP contribution in [0.15, 0.2) is 30.5 Å². The van der Waals surface area contributed by atoms with Crippen LogP contribution in [0.3, 0.4) is 0 Å². The summed E-state index contributed by atoms with van der Waals surface area (Å²) < 4.78 is 0. The minimum atomic E-state index is -0.0913. The van der Waals surface area contributed by atoms with Crippen molar-refractivity contribution in [3.63, 3.8) is 0 Å². The molecule has 1 aliphatic heterocycles. The van der Waals surface area contributed by atoms with E-state index >= 15 is 0 Å². The van der Waals surface area contributed by atoms with E-state index in [9.17, 15) is 0 Å². The van der Waals surface area contributed by atoms with Crippen LogP contribution >= 0.6 is 12.2 Å². The summed E-state index contributed by atoms with van der Waals surface area (Å²) in [5, 5.41) is 3.19. The zero-order valence-corrected chi connectivity index (χ0v) is 7.82. The van der Waals surface area contributed by atoms with Gasteiger partial charge < -0.3 is 5.32 Å². The predicted octanol–water partition coefficient (Wildman–Crippen LogP) is 2.03. The van der Waals surface area contributed by atoms with Crippen molar-refractivity contribution in [1.29, 1.82) is 0 Å². The first-order valence-electron chi connectivity index (χ1n) is 4.20. The summed E-state index contributed by atoms with van der Waals surface area (Å²) in [6, 6.07) is 3.92. The average molecular weight is 188 g/mol. The molecule has 1 N–H and O–H groups in total. The standard InChI is InChI=1S/C10H8N2S/c1-6-5-10(6)8-7(12-9(10)13)3-2-4-11-8/h2-4H,1,5H2,(H,12,13). The maximum absolute atomic E-state index is 5.29. The molecule has 2 aliphatic rings. The molecule has 3 heteroatoms. The van der Waals surface area contributed by atoms with E-state index in [0.29, 0.717) is 0 Å². The number of thiocarbonyl (C=S) groups is 1. The number of nitrogens with zero attached hydrogens (tertiary/aromatic N) is 1. The minimum Gasteiger partial charge on any atom is -0.347 e. The Hall–Kier alpha value is -1.22. The fourth-order valence-electron chi connectivity index (χ4n) is 1.95. The molecule has 3 rings (SSSR count). The Morgan fingerprint density at radius 2 is 2.38 bits per heavy atom. The summed E-state index contributed by atoms with van der Waals surface area (Å²) in [5.41, 5.74) is 3.20. The van der Waals surface area contributed by atoms with Crippen molar-refractivity contribution in [3.05, 3.63) is 36.2 Å². The maximum atomic E-state index is 5.29. The van der Waals surface area contributed by atoms with Gasteiger partial charge in [0.05, 0.1) is 21.8 Å². The molecule has 1 spiro atoms. The summed E-state index contributed by atoms with van der Waals surface area (Å²) in [7, 11) is 0. The van der Waals surface area contributed by atoms with Gasteiger partial charge in [0.25, 0.3) is 0 Å². The topological polar surface area (TPSA) is 24.9 Å². The van der Waals surface area contributed by atoms with Crippen LogP contribution < -0.4 is 5.32 Å². The normalized spacial score (nSPS) is 28.9. The van der Waals surface area contributed by atoms with E-state index in [1.165, 1.54) is 5.57 Å². The van der Waals surface area contributed by atoms with Gasteiger partial charge in [-0.25, -0.2) is 0 Å². The number of anilines is 1. The lowest BCUT2D eigenvalue weighted by atomic mass is 10.0. The largest absolute Gasteiger partial charge is 0.347 e. The molecule has 2 heterocycles. The number of nitrogens with one attached hydrogen (secondary N) is 1. The van der Waals surface area contributed by atoms with E-state index in [-0.39, 0.29) is 5.41 Å². The second kappa shape index (κ2) is 1.99. The van der Waals surface area contributed by atoms with E-state index < -0.39 is 0 Å². The molecule has 1 atom stereocenters. The lowest BCUT2D eigenvalue weighted by molar-refractivity contribution is 0.962. The van der Waals surface area contributed by atoms with Crippen LogP contribution in [0.2, 0.25) is 0 Å². The molecular weight excluding hydrogens is 180 g/mol. The molecule has 13 heavy (non-hydrogen) atoms. The molecule has 0 aromatic carbocycles. The number of aromatic nitrogens is 1. The van der Waals surface area contributed by atoms with Crippen molar-refractivity contribution >= 4 is 22.9 Å². The fourth-order valence-corrected chi connectivity index (χ4v) is 2.37. The Morgan fingerprint density at radius 1 is 1.62 bits per heavy atom. The Kier molecular flexibility index (Phi) is 1.10. The molecule has 0 saturated heterocycles. The highest BCUT2D eigenvalue weighted by atomic mass is 32.1. The van der Waals surface area contributed by atoms with Crippen molar-refractivity contribution in [2.45, 2.75) is 11.8 Å². The van der Waals surface area contributed by atoms with Crippen molar-refractivity contribution in [2.75, 3.05) is 5.32 Å². The minimum absolute atomic E-state index is 0.0913. The van der Waals surface area contributed by atoms with Crippen LogP contribution in [0, 0.1) is 0 Å². The number of hydrogen-bond acceptors (Lipinski definition) is 2. The summed E-state index contributed by atoms with van der Waals surface area (Å²) >= 11 is 5.29. The van der Waals surface area contributed by atoms with Gasteiger partial charge in [0.15, 0.2) is 0 Å². The molecule has 0 radical (unpaired) electrons. The van der Waals surface area contributed by atoms with E-state index in [1.54, 1.807) is 0 Å². The lowest BCUT2D eigenvalue weighted by Crippen LogP contribution is -2.17. The van der Waals surface area contributed by atoms with Gasteiger partial charge in [-0.3, -0.25) is 4.98 Å². The predicted molar refractivity (Wildman–Crippen MR) is 55.9 cm³/mol. The number of rotatable bonds is 0. The van der Waals surface area contributed by atoms with Crippen LogP contribution in [0.25, 0.3) is 0 Å². The van der Waals surface area contributed by atoms with Crippen molar-refractivity contribution in [2.24, 2.45) is 0 Å². The van der Waals surface area contributed by atoms with Gasteiger partial charge in [-0.15, -0.1) is 0 Å². The summed E-state index contributed by atoms with van der Waals surface area (Å²) in [6.45, 7) is 3.98. The molecule has 2 nitrogen and oxygen atoms in total. The molecule has 1 aromatic rings. The molecule has 1 aromatic heterocycles. The lowest BCUT2D eigenvalue weighted by Gasteiger charge is -2.03. The zero-order valence-electron chi connectivity index (χ0n) is 7.00. The monoisotopic (exact) mass is 188 g/mol. The second-order valence-corrected chi connectivity index (χ2v) is 3.95. The second-order valence-electron chi connectivity index (χ2n) is 3.54. The van der Waals surface area contributed by atoms with Gasteiger partial charge in [0.2, 0.25) is 0 Å². The number of hydrogen-bond donors (Lipinski definition) is 1. The third-order valence-corrected chi connectivity index (χ3v) is 3.26. The summed E-state index contributed by atoms with van der Waals surface area (Å²) in [4.78, 5) is 5.23. The maximum Gasteiger partial charge on any atom is 0.0966 e. The van der Waals surface area contributed by atoms with Gasteiger partial charge in [0.1, 0.15) is 0 Å². The van der Waals surface area contributed by atoms with Gasteiger partial charge in [-0.05, 0) is 18.6 Å². The molecular formula is C10H8N2S. The third kappa shape index (κ3) is 0.687. The van der Waals surface area contributed by atoms with Crippen molar-refractivity contribution < 1.29 is 0 Å². The highest BCUT2D eigenvalue weighted by Crippen LogP contribution is 2.58. The van der Waals surface area contributed by atoms with Gasteiger partial charge in [0, 0.05) is 6.20 Å². The van der Waals surface area contributed by atoms with Crippen LogP contribution in [0.1, 0.15) is 12.1 Å². The molecule has 0 amide bonds. The van der Waals surface area contributed by atoms with E-state index in [4.69, 9.17) is 12.2 Å². The van der Waals surface area contributed by atoms with Crippen LogP contribution in [-0.2, 0) is 5.41 Å². The Labute approximate surface area is 81.7 Å². The summed E-state index contributed by atoms with van der Waals surface area (Å²) in [6.07, 6.45) is 2.77. The van der Waals surface area contributed by atoms with Gasteiger partial charge in [-0.2, -0.15) is 0 Å². The molecule has 64 valence electrons. The molecule has 0 bridgehead atoms. The Morgan fingerprint density at radius 3 is 3.08 bits per heavy atom. The quantitative estimate of drug-likeness (QED) is 0.498. The Balaban J connectivity index is 2.27. The SMILES string of the molecule is C=C1CC12C(=S)Nc1cccnc12. The number of fused-ring (bicyclic) bond motifs is 2. The van der Waals surface area contributed by atoms with E-state index in [1.807, 2.05) is 18.3 Å². The molecule has 1 unspecified atom stereocenters. The van der Waals surface area contributed by atoms with Crippen LogP contribution in [0.5, 0.6) is 0 Å². The first-order valence-corrected chi connectivity index (χ1v) is 4.61. The molecule has 1 saturated carbocycles. The first-order chi connectivity index (χ1) is 6.25. The van der Waals surface area contributed by atoms with Crippen LogP contribution in [0.4, 0.5) is 5.69 Å². The van der Waals surface area contributed by atoms with Gasteiger partial charge in [-0.1, -0.05) is 24.4 Å². The van der Waals surface area contributed by atoms with Crippen LogP contribution in [-0.4, -0.2) is 9.97 Å². The smallest absolute Gasteiger partial charge is 0.0966 e. The highest BCUT2D eigenvalue weighted by Gasteiger charge is 2.58. The van der Waals surface area contributed by atoms with Gasteiger partial charge >= 0.3 is 0 Å². The molecule has 1 aliphatic carbocycles. The zero-order chi connectivity index (χ0) is 9.05. The van der Waals surface area contributed by atoms with Crippen molar-refractivity contribution in [1.82, 2.24) is 4.98 Å². The fraction of sp³-hybridized carbons (Fsp3) is 0.200. The van der Waals surface area contributed by atoms with E-state index in [2.05, 4.69) is 16.9 Å². The first kappa shape index (κ1) is 7.21. The third-order valence-electron chi connectivity index (χ3n) is 2.80. The average Bonchev–Trinajstić information content (AvgIpc) is 2.71. The van der Waals surface area contributed by atoms with E-state index in [0.717, 1.165) is 22.8 Å². The Bertz CT molecular complexity index is 438.